The lowest BCUT2D eigenvalue weighted by molar-refractivity contribution is -0.274. The van der Waals surface area contributed by atoms with Crippen molar-refractivity contribution < 1.29 is 27.4 Å². The van der Waals surface area contributed by atoms with E-state index in [4.69, 9.17) is 11.6 Å². The van der Waals surface area contributed by atoms with Crippen LogP contribution in [0.2, 0.25) is 5.02 Å². The number of hydrogen-bond acceptors (Lipinski definition) is 3. The van der Waals surface area contributed by atoms with Crippen LogP contribution >= 0.6 is 11.6 Å². The molecule has 0 aliphatic carbocycles. The molecule has 0 aliphatic rings. The van der Waals surface area contributed by atoms with Crippen molar-refractivity contribution in [1.82, 2.24) is 0 Å². The van der Waals surface area contributed by atoms with E-state index in [2.05, 4.69) is 9.47 Å². The molecule has 0 saturated heterocycles. The van der Waals surface area contributed by atoms with Gasteiger partial charge in [-0.2, -0.15) is 0 Å². The van der Waals surface area contributed by atoms with Gasteiger partial charge in [0.05, 0.1) is 5.02 Å². The summed E-state index contributed by atoms with van der Waals surface area (Å²) in [5, 5.41) is -0.149. The molecule has 0 amide bonds. The predicted molar refractivity (Wildman–Crippen MR) is 44.8 cm³/mol. The monoisotopic (exact) mass is 240 g/mol. The van der Waals surface area contributed by atoms with Gasteiger partial charge in [0.1, 0.15) is 11.5 Å². The number of alkyl halides is 3. The van der Waals surface area contributed by atoms with Crippen molar-refractivity contribution >= 4 is 18.1 Å². The zero-order valence-corrected chi connectivity index (χ0v) is 7.80. The smallest absolute Gasteiger partial charge is 0.427 e. The summed E-state index contributed by atoms with van der Waals surface area (Å²) in [5.41, 5.74) is 0. The van der Waals surface area contributed by atoms with E-state index >= 15 is 0 Å². The first kappa shape index (κ1) is 11.6. The van der Waals surface area contributed by atoms with Gasteiger partial charge in [0.15, 0.2) is 0 Å². The molecule has 0 unspecified atom stereocenters. The number of halogens is 4. The molecule has 1 rings (SSSR count). The lowest BCUT2D eigenvalue weighted by Crippen LogP contribution is -2.17. The van der Waals surface area contributed by atoms with E-state index in [-0.39, 0.29) is 17.2 Å². The molecule has 0 spiro atoms. The summed E-state index contributed by atoms with van der Waals surface area (Å²) in [6.07, 6.45) is -4.78. The number of ether oxygens (including phenoxy) is 2. The molecule has 0 aliphatic heterocycles. The number of hydrogen-bond donors (Lipinski definition) is 0. The van der Waals surface area contributed by atoms with Crippen LogP contribution in [0.15, 0.2) is 18.2 Å². The third kappa shape index (κ3) is 3.67. The second kappa shape index (κ2) is 4.39. The van der Waals surface area contributed by atoms with Gasteiger partial charge in [-0.25, -0.2) is 0 Å². The fourth-order valence-electron chi connectivity index (χ4n) is 0.826. The molecule has 1 aromatic carbocycles. The molecule has 0 heterocycles. The minimum absolute atomic E-state index is 0.0406. The Kier molecular flexibility index (Phi) is 3.41. The van der Waals surface area contributed by atoms with Crippen molar-refractivity contribution in [3.05, 3.63) is 23.2 Å². The van der Waals surface area contributed by atoms with Crippen LogP contribution in [0.5, 0.6) is 11.5 Å². The third-order valence-corrected chi connectivity index (χ3v) is 1.61. The summed E-state index contributed by atoms with van der Waals surface area (Å²) >= 11 is 5.51. The quantitative estimate of drug-likeness (QED) is 0.762. The minimum Gasteiger partial charge on any atom is -0.427 e. The topological polar surface area (TPSA) is 35.5 Å². The molecule has 3 nitrogen and oxygen atoms in total. The number of carbonyl (C=O) groups excluding carboxylic acids is 1. The van der Waals surface area contributed by atoms with Crippen LogP contribution in [0.25, 0.3) is 0 Å². The summed E-state index contributed by atoms with van der Waals surface area (Å²) in [6.45, 7) is 0.117. The molecule has 0 fully saturated rings. The van der Waals surface area contributed by atoms with Gasteiger partial charge < -0.3 is 9.47 Å². The average Bonchev–Trinajstić information content (AvgIpc) is 2.07. The molecule has 0 aromatic heterocycles. The van der Waals surface area contributed by atoms with E-state index in [9.17, 15) is 18.0 Å². The van der Waals surface area contributed by atoms with E-state index in [0.29, 0.717) is 0 Å². The second-order valence-electron chi connectivity index (χ2n) is 2.35. The van der Waals surface area contributed by atoms with Crippen molar-refractivity contribution in [2.75, 3.05) is 0 Å². The van der Waals surface area contributed by atoms with Crippen LogP contribution in [0.3, 0.4) is 0 Å². The highest BCUT2D eigenvalue weighted by Crippen LogP contribution is 2.31. The molecule has 15 heavy (non-hydrogen) atoms. The Morgan fingerprint density at radius 1 is 1.33 bits per heavy atom. The largest absolute Gasteiger partial charge is 0.573 e. The summed E-state index contributed by atoms with van der Waals surface area (Å²) in [7, 11) is 0. The van der Waals surface area contributed by atoms with Crippen molar-refractivity contribution in [1.29, 1.82) is 0 Å². The molecule has 1 aromatic rings. The van der Waals surface area contributed by atoms with Crippen LogP contribution in [0, 0.1) is 0 Å². The third-order valence-electron chi connectivity index (χ3n) is 1.31. The summed E-state index contributed by atoms with van der Waals surface area (Å²) in [6, 6.07) is 2.98. The van der Waals surface area contributed by atoms with Crippen LogP contribution in [-0.4, -0.2) is 12.8 Å². The highest BCUT2D eigenvalue weighted by atomic mass is 35.5. The Labute approximate surface area is 87.3 Å². The van der Waals surface area contributed by atoms with Gasteiger partial charge in [-0.05, 0) is 12.1 Å². The maximum atomic E-state index is 11.8. The van der Waals surface area contributed by atoms with E-state index in [1.165, 1.54) is 0 Å². The van der Waals surface area contributed by atoms with E-state index in [1.807, 2.05) is 0 Å². The summed E-state index contributed by atoms with van der Waals surface area (Å²) in [4.78, 5) is 9.95. The van der Waals surface area contributed by atoms with Gasteiger partial charge in [-0.3, -0.25) is 4.79 Å². The minimum atomic E-state index is -4.78. The molecule has 0 saturated carbocycles. The standard InChI is InChI=1S/C8H4ClF3O3/c9-6-3-5(15-8(10,11)12)1-2-7(6)14-4-13/h1-4H. The normalized spacial score (nSPS) is 10.9. The number of carbonyl (C=O) groups is 1. The van der Waals surface area contributed by atoms with Crippen LogP contribution in [-0.2, 0) is 4.79 Å². The van der Waals surface area contributed by atoms with Crippen molar-refractivity contribution in [3.63, 3.8) is 0 Å². The fraction of sp³-hybridized carbons (Fsp3) is 0.125. The molecule has 7 heteroatoms. The first-order chi connectivity index (χ1) is 6.92. The Morgan fingerprint density at radius 2 is 2.00 bits per heavy atom. The van der Waals surface area contributed by atoms with Gasteiger partial charge in [0.25, 0.3) is 6.47 Å². The number of benzene rings is 1. The molecular formula is C8H4ClF3O3. The molecule has 0 radical (unpaired) electrons. The fourth-order valence-corrected chi connectivity index (χ4v) is 1.04. The Morgan fingerprint density at radius 3 is 2.47 bits per heavy atom. The van der Waals surface area contributed by atoms with Crippen LogP contribution < -0.4 is 9.47 Å². The van der Waals surface area contributed by atoms with Gasteiger partial charge in [-0.15, -0.1) is 13.2 Å². The Hall–Kier alpha value is -1.43. The summed E-state index contributed by atoms with van der Waals surface area (Å²) in [5.74, 6) is -0.521. The summed E-state index contributed by atoms with van der Waals surface area (Å²) < 4.78 is 43.3. The van der Waals surface area contributed by atoms with Gasteiger partial charge in [-0.1, -0.05) is 11.6 Å². The first-order valence-electron chi connectivity index (χ1n) is 3.58. The molecule has 0 N–H and O–H groups in total. The SMILES string of the molecule is O=COc1ccc(OC(F)(F)F)cc1Cl. The highest BCUT2D eigenvalue weighted by Gasteiger charge is 2.31. The Bertz CT molecular complexity index is 365. The molecule has 82 valence electrons. The first-order valence-corrected chi connectivity index (χ1v) is 3.96. The molecular weight excluding hydrogens is 237 g/mol. The maximum Gasteiger partial charge on any atom is 0.573 e. The number of rotatable bonds is 3. The zero-order chi connectivity index (χ0) is 11.5. The van der Waals surface area contributed by atoms with E-state index < -0.39 is 12.1 Å². The maximum absolute atomic E-state index is 11.8. The molecule has 0 atom stereocenters. The lowest BCUT2D eigenvalue weighted by atomic mass is 10.3. The Balaban J connectivity index is 2.86. The van der Waals surface area contributed by atoms with Gasteiger partial charge >= 0.3 is 6.36 Å². The lowest BCUT2D eigenvalue weighted by Gasteiger charge is -2.09. The van der Waals surface area contributed by atoms with Gasteiger partial charge in [0, 0.05) is 6.07 Å². The van der Waals surface area contributed by atoms with Crippen LogP contribution in [0.4, 0.5) is 13.2 Å². The predicted octanol–water partition coefficient (Wildman–Crippen LogP) is 2.77. The van der Waals surface area contributed by atoms with Crippen LogP contribution in [0.1, 0.15) is 0 Å². The van der Waals surface area contributed by atoms with E-state index in [0.717, 1.165) is 18.2 Å². The van der Waals surface area contributed by atoms with E-state index in [1.54, 1.807) is 0 Å². The van der Waals surface area contributed by atoms with Crippen molar-refractivity contribution in [2.45, 2.75) is 6.36 Å². The van der Waals surface area contributed by atoms with Crippen molar-refractivity contribution in [3.8, 4) is 11.5 Å². The van der Waals surface area contributed by atoms with Crippen molar-refractivity contribution in [2.24, 2.45) is 0 Å². The molecule has 0 bridgehead atoms. The van der Waals surface area contributed by atoms with Gasteiger partial charge in [0.2, 0.25) is 0 Å². The zero-order valence-electron chi connectivity index (χ0n) is 7.05. The second-order valence-corrected chi connectivity index (χ2v) is 2.76. The highest BCUT2D eigenvalue weighted by molar-refractivity contribution is 6.32. The average molecular weight is 241 g/mol.